The van der Waals surface area contributed by atoms with E-state index in [-0.39, 0.29) is 0 Å². The highest BCUT2D eigenvalue weighted by molar-refractivity contribution is 7.20. The van der Waals surface area contributed by atoms with Gasteiger partial charge >= 0.3 is 0 Å². The van der Waals surface area contributed by atoms with Crippen molar-refractivity contribution in [1.82, 2.24) is 0 Å². The first kappa shape index (κ1) is 27.5. The number of hydrogen-bond acceptors (Lipinski definition) is 0. The minimum absolute atomic E-state index is 1.27. The van der Waals surface area contributed by atoms with Crippen molar-refractivity contribution >= 4 is 28.0 Å². The fourth-order valence-electron chi connectivity index (χ4n) is 6.05. The molecule has 0 aliphatic rings. The van der Waals surface area contributed by atoms with Gasteiger partial charge in [0.15, 0.2) is 0 Å². The second-order valence-corrected chi connectivity index (χ2v) is 10.1. The van der Waals surface area contributed by atoms with Crippen LogP contribution >= 0.6 is 0 Å². The monoisotopic (exact) mass is 477 g/mol. The molecule has 0 spiro atoms. The Morgan fingerprint density at radius 2 is 0.639 bits per heavy atom. The molecule has 36 heavy (non-hydrogen) atoms. The molecule has 0 heterocycles. The summed E-state index contributed by atoms with van der Waals surface area (Å²) >= 11 is 0. The summed E-state index contributed by atoms with van der Waals surface area (Å²) in [6.45, 7) is 19.5. The first-order valence-corrected chi connectivity index (χ1v) is 13.6. The van der Waals surface area contributed by atoms with Crippen LogP contribution < -0.4 is 26.8 Å². The molecule has 0 aliphatic carbocycles. The minimum atomic E-state index is -1.32. The summed E-state index contributed by atoms with van der Waals surface area (Å²) in [6.07, 6.45) is -1.32. The highest BCUT2D eigenvalue weighted by Crippen LogP contribution is 2.16. The van der Waals surface area contributed by atoms with Gasteiger partial charge in [0.1, 0.15) is 6.15 Å². The maximum atomic E-state index is 2.33. The number of aryl methyl sites for hydroxylation is 4. The predicted octanol–water partition coefficient (Wildman–Crippen LogP) is 4.23. The van der Waals surface area contributed by atoms with Crippen molar-refractivity contribution in [3.8, 4) is 0 Å². The Morgan fingerprint density at radius 3 is 0.806 bits per heavy atom. The molecule has 4 aromatic rings. The number of hydrogen-bond donors (Lipinski definition) is 1. The van der Waals surface area contributed by atoms with Gasteiger partial charge in [-0.2, -0.15) is 21.9 Å². The molecule has 0 amide bonds. The molecule has 0 saturated heterocycles. The standard InChI is InChI=1S/C28H28B.C6H15N/c1-21-13-5-9-17-25(21)29(26-18-10-6-14-22(26)2,27-19-11-7-15-23(27)3)28-20-12-8-16-24(28)4;1-4-7(5-2)6-3/h5-20H,1-4H3;4-6H2,1-3H3/q-1;/p+1. The fourth-order valence-corrected chi connectivity index (χ4v) is 6.05. The smallest absolute Gasteiger partial charge is 0.109 e. The van der Waals surface area contributed by atoms with Crippen molar-refractivity contribution in [3.63, 3.8) is 0 Å². The van der Waals surface area contributed by atoms with Crippen LogP contribution in [0.3, 0.4) is 0 Å². The summed E-state index contributed by atoms with van der Waals surface area (Å²) in [5.41, 5.74) is 11.0. The summed E-state index contributed by atoms with van der Waals surface area (Å²) in [6, 6.07) is 35.7. The first-order valence-electron chi connectivity index (χ1n) is 13.6. The Labute approximate surface area is 220 Å². The van der Waals surface area contributed by atoms with Crippen LogP contribution in [-0.2, 0) is 0 Å². The van der Waals surface area contributed by atoms with Crippen LogP contribution in [0, 0.1) is 27.7 Å². The molecule has 1 nitrogen and oxygen atoms in total. The van der Waals surface area contributed by atoms with Crippen LogP contribution in [0.4, 0.5) is 0 Å². The van der Waals surface area contributed by atoms with Crippen molar-refractivity contribution in [2.24, 2.45) is 0 Å². The third-order valence-corrected chi connectivity index (χ3v) is 8.12. The topological polar surface area (TPSA) is 4.44 Å². The lowest BCUT2D eigenvalue weighted by Crippen LogP contribution is -3.11. The van der Waals surface area contributed by atoms with E-state index in [9.17, 15) is 0 Å². The Morgan fingerprint density at radius 1 is 0.417 bits per heavy atom. The number of benzene rings is 4. The van der Waals surface area contributed by atoms with E-state index < -0.39 is 6.15 Å². The van der Waals surface area contributed by atoms with Gasteiger partial charge in [-0.05, 0) is 48.5 Å². The van der Waals surface area contributed by atoms with Crippen LogP contribution in [0.25, 0.3) is 0 Å². The lowest BCUT2D eigenvalue weighted by molar-refractivity contribution is -0.894. The maximum Gasteiger partial charge on any atom is 0.109 e. The van der Waals surface area contributed by atoms with E-state index in [1.165, 1.54) is 63.7 Å². The molecule has 0 aliphatic heterocycles. The molecule has 0 unspecified atom stereocenters. The molecule has 4 aromatic carbocycles. The van der Waals surface area contributed by atoms with Crippen LogP contribution in [0.2, 0.25) is 0 Å². The molecular formula is C34H44BN. The second kappa shape index (κ2) is 12.7. The van der Waals surface area contributed by atoms with Gasteiger partial charge in [-0.3, -0.25) is 0 Å². The number of rotatable bonds is 7. The van der Waals surface area contributed by atoms with Crippen molar-refractivity contribution in [1.29, 1.82) is 0 Å². The van der Waals surface area contributed by atoms with Crippen molar-refractivity contribution in [2.45, 2.75) is 48.5 Å². The maximum absolute atomic E-state index is 2.33. The highest BCUT2D eigenvalue weighted by atomic mass is 15.1. The molecule has 2 heteroatoms. The predicted molar refractivity (Wildman–Crippen MR) is 162 cm³/mol. The zero-order valence-electron chi connectivity index (χ0n) is 23.4. The Hall–Kier alpha value is -3.10. The van der Waals surface area contributed by atoms with Gasteiger partial charge in [0.05, 0.1) is 19.6 Å². The summed E-state index contributed by atoms with van der Waals surface area (Å²) in [4.78, 5) is 1.68. The lowest BCUT2D eigenvalue weighted by Gasteiger charge is -2.48. The van der Waals surface area contributed by atoms with Crippen molar-refractivity contribution in [2.75, 3.05) is 19.6 Å². The SMILES string of the molecule is CC[NH+](CC)CC.Cc1ccccc1[B-](c1ccccc1C)(c1ccccc1C)c1ccccc1C. The molecule has 0 atom stereocenters. The van der Waals surface area contributed by atoms with Gasteiger partial charge in [0, 0.05) is 0 Å². The van der Waals surface area contributed by atoms with Crippen LogP contribution in [0.15, 0.2) is 97.1 Å². The van der Waals surface area contributed by atoms with E-state index >= 15 is 0 Å². The normalized spacial score (nSPS) is 11.2. The van der Waals surface area contributed by atoms with Crippen LogP contribution in [0.1, 0.15) is 43.0 Å². The summed E-state index contributed by atoms with van der Waals surface area (Å²) in [7, 11) is 0. The van der Waals surface area contributed by atoms with Crippen LogP contribution in [-0.4, -0.2) is 25.8 Å². The zero-order chi connectivity index (χ0) is 26.1. The van der Waals surface area contributed by atoms with E-state index in [2.05, 4.69) is 146 Å². The van der Waals surface area contributed by atoms with E-state index in [0.717, 1.165) is 0 Å². The van der Waals surface area contributed by atoms with E-state index in [4.69, 9.17) is 0 Å². The number of quaternary nitrogens is 1. The average Bonchev–Trinajstić information content (AvgIpc) is 2.89. The summed E-state index contributed by atoms with van der Waals surface area (Å²) < 4.78 is 0. The third kappa shape index (κ3) is 5.50. The Balaban J connectivity index is 0.000000454. The molecule has 0 aromatic heterocycles. The van der Waals surface area contributed by atoms with Gasteiger partial charge in [0.2, 0.25) is 0 Å². The second-order valence-electron chi connectivity index (χ2n) is 10.1. The zero-order valence-corrected chi connectivity index (χ0v) is 23.4. The largest absolute Gasteiger partial charge is 0.336 e. The highest BCUT2D eigenvalue weighted by Gasteiger charge is 2.35. The quantitative estimate of drug-likeness (QED) is 0.380. The molecular weight excluding hydrogens is 433 g/mol. The Bertz CT molecular complexity index is 1060. The van der Waals surface area contributed by atoms with Crippen molar-refractivity contribution < 1.29 is 4.90 Å². The first-order chi connectivity index (χ1) is 17.4. The average molecular weight is 478 g/mol. The van der Waals surface area contributed by atoms with E-state index in [1.807, 2.05) is 0 Å². The molecule has 0 bridgehead atoms. The van der Waals surface area contributed by atoms with Crippen LogP contribution in [0.5, 0.6) is 0 Å². The van der Waals surface area contributed by atoms with Crippen molar-refractivity contribution in [3.05, 3.63) is 119 Å². The third-order valence-electron chi connectivity index (χ3n) is 8.12. The van der Waals surface area contributed by atoms with Gasteiger partial charge in [-0.25, -0.2) is 0 Å². The van der Waals surface area contributed by atoms with Gasteiger partial charge in [-0.1, -0.05) is 119 Å². The number of nitrogens with one attached hydrogen (secondary N) is 1. The molecule has 0 radical (unpaired) electrons. The fraction of sp³-hybridized carbons (Fsp3) is 0.294. The molecule has 4 rings (SSSR count). The van der Waals surface area contributed by atoms with E-state index in [1.54, 1.807) is 4.90 Å². The van der Waals surface area contributed by atoms with E-state index in [0.29, 0.717) is 0 Å². The van der Waals surface area contributed by atoms with Gasteiger partial charge in [-0.15, -0.1) is 0 Å². The Kier molecular flexibility index (Phi) is 9.73. The van der Waals surface area contributed by atoms with Gasteiger partial charge < -0.3 is 4.90 Å². The molecule has 1 N–H and O–H groups in total. The lowest BCUT2D eigenvalue weighted by atomic mass is 9.11. The molecule has 188 valence electrons. The van der Waals surface area contributed by atoms with Gasteiger partial charge in [0.25, 0.3) is 0 Å². The minimum Gasteiger partial charge on any atom is -0.336 e. The molecule has 0 saturated carbocycles. The summed E-state index contributed by atoms with van der Waals surface area (Å²) in [5, 5.41) is 0. The molecule has 0 fully saturated rings. The summed E-state index contributed by atoms with van der Waals surface area (Å²) in [5.74, 6) is 0.